The van der Waals surface area contributed by atoms with Gasteiger partial charge >= 0.3 is 0 Å². The van der Waals surface area contributed by atoms with Crippen LogP contribution in [-0.2, 0) is 0 Å². The largest absolute Gasteiger partial charge is 0.268 e. The van der Waals surface area contributed by atoms with E-state index in [0.29, 0.717) is 15.7 Å². The van der Waals surface area contributed by atoms with Gasteiger partial charge in [-0.2, -0.15) is 0 Å². The zero-order valence-electron chi connectivity index (χ0n) is 9.28. The number of aromatic nitrogens is 3. The van der Waals surface area contributed by atoms with Crippen LogP contribution >= 0.6 is 34.8 Å². The van der Waals surface area contributed by atoms with Crippen molar-refractivity contribution in [3.8, 4) is 5.69 Å². The summed E-state index contributed by atoms with van der Waals surface area (Å²) < 4.78 is 1.71. The molecule has 0 aliphatic rings. The summed E-state index contributed by atoms with van der Waals surface area (Å²) in [5, 5.41) is 9.32. The fourth-order valence-electron chi connectivity index (χ4n) is 1.53. The normalized spacial score (nSPS) is 11.2. The van der Waals surface area contributed by atoms with Gasteiger partial charge in [-0.05, 0) is 29.8 Å². The zero-order chi connectivity index (χ0) is 12.6. The van der Waals surface area contributed by atoms with Gasteiger partial charge in [0.15, 0.2) is 0 Å². The molecule has 0 aliphatic carbocycles. The maximum Gasteiger partial charge on any atom is 0.229 e. The van der Waals surface area contributed by atoms with Crippen molar-refractivity contribution in [3.63, 3.8) is 0 Å². The van der Waals surface area contributed by atoms with Gasteiger partial charge in [-0.3, -0.25) is 4.57 Å². The summed E-state index contributed by atoms with van der Waals surface area (Å²) in [7, 11) is 0. The highest BCUT2D eigenvalue weighted by Crippen LogP contribution is 2.29. The number of benzene rings is 1. The van der Waals surface area contributed by atoms with Crippen molar-refractivity contribution in [1.82, 2.24) is 14.8 Å². The second-order valence-corrected chi connectivity index (χ2v) is 5.09. The second kappa shape index (κ2) is 4.84. The molecule has 1 aromatic carbocycles. The number of halogens is 3. The third-order valence-electron chi connectivity index (χ3n) is 2.31. The summed E-state index contributed by atoms with van der Waals surface area (Å²) in [6.45, 7) is 4.02. The van der Waals surface area contributed by atoms with E-state index in [1.807, 2.05) is 13.8 Å². The predicted molar refractivity (Wildman–Crippen MR) is 70.5 cm³/mol. The molecule has 0 unspecified atom stereocenters. The molecule has 0 spiro atoms. The third kappa shape index (κ3) is 2.41. The van der Waals surface area contributed by atoms with Gasteiger partial charge in [0.1, 0.15) is 5.82 Å². The van der Waals surface area contributed by atoms with E-state index < -0.39 is 0 Å². The molecular formula is C11H10Cl3N3. The Bertz CT molecular complexity index is 549. The van der Waals surface area contributed by atoms with Gasteiger partial charge in [-0.25, -0.2) is 0 Å². The van der Waals surface area contributed by atoms with Crippen LogP contribution in [0, 0.1) is 0 Å². The Hall–Kier alpha value is -0.770. The summed E-state index contributed by atoms with van der Waals surface area (Å²) in [5.74, 6) is 0.934. The molecule has 90 valence electrons. The number of hydrogen-bond acceptors (Lipinski definition) is 2. The zero-order valence-corrected chi connectivity index (χ0v) is 11.6. The highest BCUT2D eigenvalue weighted by Gasteiger charge is 2.17. The van der Waals surface area contributed by atoms with Crippen LogP contribution in [0.1, 0.15) is 25.6 Å². The predicted octanol–water partition coefficient (Wildman–Crippen LogP) is 4.35. The SMILES string of the molecule is CC(C)c1nnc(Cl)n1-c1cc(Cl)ccc1Cl. The van der Waals surface area contributed by atoms with Crippen molar-refractivity contribution < 1.29 is 0 Å². The molecule has 0 radical (unpaired) electrons. The molecule has 1 aromatic heterocycles. The smallest absolute Gasteiger partial charge is 0.229 e. The average Bonchev–Trinajstić information content (AvgIpc) is 2.64. The van der Waals surface area contributed by atoms with Gasteiger partial charge in [-0.15, -0.1) is 10.2 Å². The fourth-order valence-corrected chi connectivity index (χ4v) is 2.11. The molecule has 0 saturated carbocycles. The van der Waals surface area contributed by atoms with E-state index in [9.17, 15) is 0 Å². The van der Waals surface area contributed by atoms with Gasteiger partial charge in [-0.1, -0.05) is 37.0 Å². The minimum absolute atomic E-state index is 0.185. The van der Waals surface area contributed by atoms with Crippen LogP contribution in [0.2, 0.25) is 15.3 Å². The lowest BCUT2D eigenvalue weighted by Crippen LogP contribution is -2.04. The Kier molecular flexibility index (Phi) is 3.61. The second-order valence-electron chi connectivity index (χ2n) is 3.91. The van der Waals surface area contributed by atoms with E-state index >= 15 is 0 Å². The first kappa shape index (κ1) is 12.7. The molecule has 6 heteroatoms. The van der Waals surface area contributed by atoms with E-state index in [0.717, 1.165) is 5.82 Å². The van der Waals surface area contributed by atoms with Crippen LogP contribution in [-0.4, -0.2) is 14.8 Å². The highest BCUT2D eigenvalue weighted by atomic mass is 35.5. The Balaban J connectivity index is 2.67. The average molecular weight is 291 g/mol. The van der Waals surface area contributed by atoms with Gasteiger partial charge < -0.3 is 0 Å². The summed E-state index contributed by atoms with van der Waals surface area (Å²) >= 11 is 18.1. The van der Waals surface area contributed by atoms with E-state index in [1.165, 1.54) is 0 Å². The first-order valence-electron chi connectivity index (χ1n) is 5.07. The van der Waals surface area contributed by atoms with Gasteiger partial charge in [0.2, 0.25) is 5.28 Å². The van der Waals surface area contributed by atoms with Crippen molar-refractivity contribution >= 4 is 34.8 Å². The Morgan fingerprint density at radius 3 is 2.47 bits per heavy atom. The summed E-state index contributed by atoms with van der Waals surface area (Å²) in [6, 6.07) is 5.19. The molecule has 0 aliphatic heterocycles. The van der Waals surface area contributed by atoms with Crippen LogP contribution < -0.4 is 0 Å². The minimum Gasteiger partial charge on any atom is -0.268 e. The fraction of sp³-hybridized carbons (Fsp3) is 0.273. The molecule has 17 heavy (non-hydrogen) atoms. The number of rotatable bonds is 2. The molecule has 0 saturated heterocycles. The van der Waals surface area contributed by atoms with Gasteiger partial charge in [0.05, 0.1) is 10.7 Å². The van der Waals surface area contributed by atoms with Crippen molar-refractivity contribution in [3.05, 3.63) is 39.4 Å². The van der Waals surface area contributed by atoms with Gasteiger partial charge in [0.25, 0.3) is 0 Å². The summed E-state index contributed by atoms with van der Waals surface area (Å²) in [4.78, 5) is 0. The van der Waals surface area contributed by atoms with Crippen molar-refractivity contribution in [2.45, 2.75) is 19.8 Å². The number of hydrogen-bond donors (Lipinski definition) is 0. The third-order valence-corrected chi connectivity index (χ3v) is 3.11. The molecular weight excluding hydrogens is 281 g/mol. The van der Waals surface area contributed by atoms with E-state index in [-0.39, 0.29) is 11.2 Å². The van der Waals surface area contributed by atoms with E-state index in [1.54, 1.807) is 22.8 Å². The van der Waals surface area contributed by atoms with Crippen LogP contribution in [0.25, 0.3) is 5.69 Å². The molecule has 2 rings (SSSR count). The maximum absolute atomic E-state index is 6.14. The summed E-state index contributed by atoms with van der Waals surface area (Å²) in [5.41, 5.74) is 0.692. The summed E-state index contributed by atoms with van der Waals surface area (Å²) in [6.07, 6.45) is 0. The first-order valence-corrected chi connectivity index (χ1v) is 6.20. The van der Waals surface area contributed by atoms with Crippen LogP contribution in [0.15, 0.2) is 18.2 Å². The molecule has 1 heterocycles. The lowest BCUT2D eigenvalue weighted by molar-refractivity contribution is 0.746. The molecule has 3 nitrogen and oxygen atoms in total. The topological polar surface area (TPSA) is 30.7 Å². The Morgan fingerprint density at radius 2 is 1.82 bits per heavy atom. The van der Waals surface area contributed by atoms with Gasteiger partial charge in [0, 0.05) is 10.9 Å². The lowest BCUT2D eigenvalue weighted by atomic mass is 10.2. The van der Waals surface area contributed by atoms with Crippen LogP contribution in [0.5, 0.6) is 0 Å². The molecule has 0 fully saturated rings. The number of nitrogens with zero attached hydrogens (tertiary/aromatic N) is 3. The van der Waals surface area contributed by atoms with Crippen molar-refractivity contribution in [2.75, 3.05) is 0 Å². The quantitative estimate of drug-likeness (QED) is 0.823. The van der Waals surface area contributed by atoms with Crippen molar-refractivity contribution in [1.29, 1.82) is 0 Å². The molecule has 0 amide bonds. The van der Waals surface area contributed by atoms with Crippen LogP contribution in [0.3, 0.4) is 0 Å². The molecule has 0 N–H and O–H groups in total. The van der Waals surface area contributed by atoms with E-state index in [2.05, 4.69) is 10.2 Å². The molecule has 2 aromatic rings. The highest BCUT2D eigenvalue weighted by molar-refractivity contribution is 6.35. The van der Waals surface area contributed by atoms with E-state index in [4.69, 9.17) is 34.8 Å². The van der Waals surface area contributed by atoms with Crippen LogP contribution in [0.4, 0.5) is 0 Å². The Labute approximate surface area is 114 Å². The standard InChI is InChI=1S/C11H10Cl3N3/c1-6(2)10-15-16-11(14)17(10)9-5-7(12)3-4-8(9)13/h3-6H,1-2H3. The molecule has 0 atom stereocenters. The van der Waals surface area contributed by atoms with Crippen molar-refractivity contribution in [2.24, 2.45) is 0 Å². The Morgan fingerprint density at radius 1 is 1.12 bits per heavy atom. The molecule has 0 bridgehead atoms. The maximum atomic E-state index is 6.14. The minimum atomic E-state index is 0.185. The first-order chi connectivity index (χ1) is 8.00. The lowest BCUT2D eigenvalue weighted by Gasteiger charge is -2.11. The monoisotopic (exact) mass is 289 g/mol.